The Kier molecular flexibility index (Phi) is 7.47. The molecule has 1 aliphatic heterocycles. The molecule has 2 atom stereocenters. The molecule has 1 fully saturated rings. The van der Waals surface area contributed by atoms with Crippen molar-refractivity contribution in [3.05, 3.63) is 22.4 Å². The molecule has 2 rings (SSSR count). The van der Waals surface area contributed by atoms with Gasteiger partial charge in [0.25, 0.3) is 0 Å². The van der Waals surface area contributed by atoms with E-state index < -0.39 is 0 Å². The SMILES string of the molecule is CC(NC(=O)CN1CCOC(CN)C1)c1cccs1.Cl. The van der Waals surface area contributed by atoms with E-state index in [0.717, 1.165) is 13.1 Å². The molecule has 5 nitrogen and oxygen atoms in total. The fourth-order valence-electron chi connectivity index (χ4n) is 2.17. The van der Waals surface area contributed by atoms with Gasteiger partial charge in [0.05, 0.1) is 25.3 Å². The van der Waals surface area contributed by atoms with Crippen molar-refractivity contribution in [1.29, 1.82) is 0 Å². The van der Waals surface area contributed by atoms with E-state index in [1.54, 1.807) is 11.3 Å². The summed E-state index contributed by atoms with van der Waals surface area (Å²) in [5, 5.41) is 5.04. The third-order valence-electron chi connectivity index (χ3n) is 3.20. The van der Waals surface area contributed by atoms with Gasteiger partial charge < -0.3 is 15.8 Å². The summed E-state index contributed by atoms with van der Waals surface area (Å²) < 4.78 is 5.48. The van der Waals surface area contributed by atoms with Crippen LogP contribution >= 0.6 is 23.7 Å². The van der Waals surface area contributed by atoms with Crippen molar-refractivity contribution in [2.24, 2.45) is 5.73 Å². The molecular formula is C13H22ClN3O2S. The Labute approximate surface area is 129 Å². The van der Waals surface area contributed by atoms with E-state index in [0.29, 0.717) is 19.7 Å². The number of morpholine rings is 1. The zero-order valence-corrected chi connectivity index (χ0v) is 13.2. The van der Waals surface area contributed by atoms with Crippen molar-refractivity contribution in [1.82, 2.24) is 10.2 Å². The molecule has 2 heterocycles. The molecule has 2 unspecified atom stereocenters. The number of hydrogen-bond acceptors (Lipinski definition) is 5. The topological polar surface area (TPSA) is 67.6 Å². The minimum absolute atomic E-state index is 0. The van der Waals surface area contributed by atoms with Crippen LogP contribution in [0.3, 0.4) is 0 Å². The number of thiophene rings is 1. The highest BCUT2D eigenvalue weighted by Crippen LogP contribution is 2.17. The first kappa shape index (κ1) is 17.4. The monoisotopic (exact) mass is 319 g/mol. The normalized spacial score (nSPS) is 21.0. The number of hydrogen-bond donors (Lipinski definition) is 2. The molecule has 1 aliphatic rings. The predicted molar refractivity (Wildman–Crippen MR) is 83.4 cm³/mol. The minimum Gasteiger partial charge on any atom is -0.374 e. The number of carbonyl (C=O) groups is 1. The van der Waals surface area contributed by atoms with Gasteiger partial charge in [0.15, 0.2) is 0 Å². The van der Waals surface area contributed by atoms with Crippen molar-refractivity contribution in [3.8, 4) is 0 Å². The van der Waals surface area contributed by atoms with Crippen LogP contribution in [0, 0.1) is 0 Å². The number of ether oxygens (including phenoxy) is 1. The number of nitrogens with two attached hydrogens (primary N) is 1. The van der Waals surface area contributed by atoms with E-state index in [1.807, 2.05) is 24.4 Å². The van der Waals surface area contributed by atoms with Crippen LogP contribution in [0.5, 0.6) is 0 Å². The van der Waals surface area contributed by atoms with Gasteiger partial charge in [-0.25, -0.2) is 0 Å². The lowest BCUT2D eigenvalue weighted by Crippen LogP contribution is -2.49. The quantitative estimate of drug-likeness (QED) is 0.850. The van der Waals surface area contributed by atoms with Crippen LogP contribution in [0.2, 0.25) is 0 Å². The van der Waals surface area contributed by atoms with Gasteiger partial charge in [-0.3, -0.25) is 9.69 Å². The van der Waals surface area contributed by atoms with Crippen LogP contribution in [0.25, 0.3) is 0 Å². The summed E-state index contributed by atoms with van der Waals surface area (Å²) in [6, 6.07) is 4.10. The molecule has 114 valence electrons. The minimum atomic E-state index is 0. The van der Waals surface area contributed by atoms with Gasteiger partial charge in [-0.15, -0.1) is 23.7 Å². The molecule has 1 aromatic heterocycles. The molecule has 0 aromatic carbocycles. The maximum absolute atomic E-state index is 12.0. The summed E-state index contributed by atoms with van der Waals surface area (Å²) in [6.45, 7) is 5.09. The smallest absolute Gasteiger partial charge is 0.234 e. The molecule has 1 aromatic rings. The van der Waals surface area contributed by atoms with Crippen LogP contribution in [-0.4, -0.2) is 49.7 Å². The Morgan fingerprint density at radius 3 is 3.15 bits per heavy atom. The maximum atomic E-state index is 12.0. The zero-order valence-electron chi connectivity index (χ0n) is 11.6. The number of halogens is 1. The van der Waals surface area contributed by atoms with Crippen LogP contribution < -0.4 is 11.1 Å². The molecule has 0 spiro atoms. The summed E-state index contributed by atoms with van der Waals surface area (Å²) in [6.07, 6.45) is 0.0521. The molecule has 1 saturated heterocycles. The first-order valence-electron chi connectivity index (χ1n) is 6.56. The molecule has 0 radical (unpaired) electrons. The van der Waals surface area contributed by atoms with E-state index >= 15 is 0 Å². The van der Waals surface area contributed by atoms with Crippen molar-refractivity contribution >= 4 is 29.7 Å². The van der Waals surface area contributed by atoms with Gasteiger partial charge in [-0.2, -0.15) is 0 Å². The molecule has 0 saturated carbocycles. The summed E-state index contributed by atoms with van der Waals surface area (Å²) in [7, 11) is 0. The second-order valence-electron chi connectivity index (χ2n) is 4.77. The van der Waals surface area contributed by atoms with Gasteiger partial charge >= 0.3 is 0 Å². The summed E-state index contributed by atoms with van der Waals surface area (Å²) >= 11 is 1.66. The Balaban J connectivity index is 0.00000200. The highest BCUT2D eigenvalue weighted by molar-refractivity contribution is 7.10. The Hall–Kier alpha value is -0.660. The predicted octanol–water partition coefficient (Wildman–Crippen LogP) is 1.01. The highest BCUT2D eigenvalue weighted by atomic mass is 35.5. The van der Waals surface area contributed by atoms with Crippen LogP contribution in [-0.2, 0) is 9.53 Å². The molecule has 1 amide bonds. The average molecular weight is 320 g/mol. The van der Waals surface area contributed by atoms with Crippen molar-refractivity contribution < 1.29 is 9.53 Å². The number of amides is 1. The van der Waals surface area contributed by atoms with Gasteiger partial charge in [-0.05, 0) is 18.4 Å². The number of carbonyl (C=O) groups excluding carboxylic acids is 1. The second-order valence-corrected chi connectivity index (χ2v) is 5.75. The number of rotatable bonds is 5. The molecule has 0 aliphatic carbocycles. The fourth-order valence-corrected chi connectivity index (χ4v) is 2.90. The number of nitrogens with zero attached hydrogens (tertiary/aromatic N) is 1. The van der Waals surface area contributed by atoms with E-state index in [-0.39, 0.29) is 30.5 Å². The Morgan fingerprint density at radius 1 is 1.70 bits per heavy atom. The molecule has 20 heavy (non-hydrogen) atoms. The first-order chi connectivity index (χ1) is 9.19. The van der Waals surface area contributed by atoms with Crippen molar-refractivity contribution in [3.63, 3.8) is 0 Å². The van der Waals surface area contributed by atoms with E-state index in [4.69, 9.17) is 10.5 Å². The van der Waals surface area contributed by atoms with Gasteiger partial charge in [0, 0.05) is 24.5 Å². The second kappa shape index (κ2) is 8.59. The van der Waals surface area contributed by atoms with Crippen molar-refractivity contribution in [2.45, 2.75) is 19.1 Å². The average Bonchev–Trinajstić information content (AvgIpc) is 2.92. The molecular weight excluding hydrogens is 298 g/mol. The van der Waals surface area contributed by atoms with E-state index in [9.17, 15) is 4.79 Å². The first-order valence-corrected chi connectivity index (χ1v) is 7.44. The Bertz CT molecular complexity index is 402. The van der Waals surface area contributed by atoms with Gasteiger partial charge in [0.1, 0.15) is 0 Å². The maximum Gasteiger partial charge on any atom is 0.234 e. The molecule has 3 N–H and O–H groups in total. The third-order valence-corrected chi connectivity index (χ3v) is 4.26. The van der Waals surface area contributed by atoms with Gasteiger partial charge in [-0.1, -0.05) is 6.07 Å². The highest BCUT2D eigenvalue weighted by Gasteiger charge is 2.21. The lowest BCUT2D eigenvalue weighted by atomic mass is 10.2. The fraction of sp³-hybridized carbons (Fsp3) is 0.615. The van der Waals surface area contributed by atoms with E-state index in [2.05, 4.69) is 10.2 Å². The third kappa shape index (κ3) is 5.03. The van der Waals surface area contributed by atoms with Crippen LogP contribution in [0.1, 0.15) is 17.8 Å². The summed E-state index contributed by atoms with van der Waals surface area (Å²) in [4.78, 5) is 15.3. The standard InChI is InChI=1S/C13H21N3O2S.ClH/c1-10(12-3-2-6-19-12)15-13(17)9-16-4-5-18-11(7-14)8-16;/h2-3,6,10-11H,4-5,7-9,14H2,1H3,(H,15,17);1H. The molecule has 0 bridgehead atoms. The molecule has 7 heteroatoms. The lowest BCUT2D eigenvalue weighted by molar-refractivity contribution is -0.124. The largest absolute Gasteiger partial charge is 0.374 e. The van der Waals surface area contributed by atoms with Crippen molar-refractivity contribution in [2.75, 3.05) is 32.8 Å². The van der Waals surface area contributed by atoms with E-state index in [1.165, 1.54) is 4.88 Å². The lowest BCUT2D eigenvalue weighted by Gasteiger charge is -2.31. The van der Waals surface area contributed by atoms with Gasteiger partial charge in [0.2, 0.25) is 5.91 Å². The Morgan fingerprint density at radius 2 is 2.50 bits per heavy atom. The zero-order chi connectivity index (χ0) is 13.7. The van der Waals surface area contributed by atoms with Crippen LogP contribution in [0.15, 0.2) is 17.5 Å². The van der Waals surface area contributed by atoms with Crippen LogP contribution in [0.4, 0.5) is 0 Å². The summed E-state index contributed by atoms with van der Waals surface area (Å²) in [5.41, 5.74) is 5.59. The number of nitrogens with one attached hydrogen (secondary N) is 1. The summed E-state index contributed by atoms with van der Waals surface area (Å²) in [5.74, 6) is 0.0542.